The number of aliphatic carboxylic acids is 1. The van der Waals surface area contributed by atoms with E-state index in [1.165, 1.54) is 23.1 Å². The lowest BCUT2D eigenvalue weighted by Crippen LogP contribution is -2.49. The highest BCUT2D eigenvalue weighted by atomic mass is 16.6. The summed E-state index contributed by atoms with van der Waals surface area (Å²) >= 11 is 0. The van der Waals surface area contributed by atoms with Gasteiger partial charge in [-0.05, 0) is 25.8 Å². The van der Waals surface area contributed by atoms with Crippen molar-refractivity contribution in [1.82, 2.24) is 15.1 Å². The molecule has 2 aromatic rings. The smallest absolute Gasteiger partial charge is 0.308 e. The summed E-state index contributed by atoms with van der Waals surface area (Å²) in [5, 5.41) is 27.2. The Morgan fingerprint density at radius 2 is 2.21 bits per heavy atom. The lowest BCUT2D eigenvalue weighted by Gasteiger charge is -2.37. The largest absolute Gasteiger partial charge is 0.481 e. The molecule has 24 heavy (non-hydrogen) atoms. The molecule has 9 nitrogen and oxygen atoms in total. The van der Waals surface area contributed by atoms with Crippen molar-refractivity contribution >= 4 is 28.5 Å². The summed E-state index contributed by atoms with van der Waals surface area (Å²) in [5.41, 5.74) is 0.461. The van der Waals surface area contributed by atoms with Crippen molar-refractivity contribution in [2.24, 2.45) is 5.92 Å². The molecule has 126 valence electrons. The Balaban J connectivity index is 1.97. The zero-order valence-electron chi connectivity index (χ0n) is 12.9. The number of aromatic nitrogens is 2. The summed E-state index contributed by atoms with van der Waals surface area (Å²) in [5.74, 6) is -1.97. The Kier molecular flexibility index (Phi) is 3.92. The van der Waals surface area contributed by atoms with E-state index in [4.69, 9.17) is 0 Å². The molecule has 1 fully saturated rings. The van der Waals surface area contributed by atoms with Crippen LogP contribution in [-0.2, 0) is 4.79 Å². The van der Waals surface area contributed by atoms with Gasteiger partial charge in [-0.1, -0.05) is 0 Å². The van der Waals surface area contributed by atoms with Gasteiger partial charge in [0.1, 0.15) is 0 Å². The summed E-state index contributed by atoms with van der Waals surface area (Å²) in [7, 11) is 0. The number of H-pyrrole nitrogens is 1. The number of hydrogen-bond acceptors (Lipinski definition) is 5. The van der Waals surface area contributed by atoms with Crippen LogP contribution in [0.15, 0.2) is 18.2 Å². The van der Waals surface area contributed by atoms with Crippen molar-refractivity contribution in [2.45, 2.75) is 25.8 Å². The van der Waals surface area contributed by atoms with E-state index in [9.17, 15) is 24.8 Å². The summed E-state index contributed by atoms with van der Waals surface area (Å²) in [6, 6.07) is 3.67. The van der Waals surface area contributed by atoms with Crippen LogP contribution in [0, 0.1) is 16.0 Å². The minimum atomic E-state index is -0.928. The second kappa shape index (κ2) is 5.91. The summed E-state index contributed by atoms with van der Waals surface area (Å²) in [4.78, 5) is 36.0. The molecule has 2 atom stereocenters. The third-order valence-electron chi connectivity index (χ3n) is 4.53. The Labute approximate surface area is 136 Å². The molecule has 1 aliphatic rings. The SMILES string of the molecule is C[C@@H]1[C@H](C(=O)O)CCCN1C(=O)c1n[nH]c2ccc([N+](=O)[O-])cc12. The normalized spacial score (nSPS) is 21.0. The van der Waals surface area contributed by atoms with E-state index in [2.05, 4.69) is 10.2 Å². The number of nitrogens with one attached hydrogen (secondary N) is 1. The van der Waals surface area contributed by atoms with Crippen LogP contribution < -0.4 is 0 Å². The van der Waals surface area contributed by atoms with E-state index in [-0.39, 0.29) is 11.4 Å². The van der Waals surface area contributed by atoms with Gasteiger partial charge in [0.25, 0.3) is 11.6 Å². The van der Waals surface area contributed by atoms with E-state index >= 15 is 0 Å². The number of piperidine rings is 1. The Hall–Kier alpha value is -2.97. The first-order chi connectivity index (χ1) is 11.4. The third kappa shape index (κ3) is 2.57. The van der Waals surface area contributed by atoms with Gasteiger partial charge in [0.15, 0.2) is 5.69 Å². The number of nitro groups is 1. The Morgan fingerprint density at radius 3 is 2.88 bits per heavy atom. The summed E-state index contributed by atoms with van der Waals surface area (Å²) in [6.07, 6.45) is 1.11. The average Bonchev–Trinajstić information content (AvgIpc) is 2.97. The number of fused-ring (bicyclic) bond motifs is 1. The fourth-order valence-corrected chi connectivity index (χ4v) is 3.17. The van der Waals surface area contributed by atoms with Crippen LogP contribution in [0.4, 0.5) is 5.69 Å². The molecule has 1 amide bonds. The van der Waals surface area contributed by atoms with Crippen LogP contribution >= 0.6 is 0 Å². The van der Waals surface area contributed by atoms with Crippen molar-refractivity contribution in [2.75, 3.05) is 6.54 Å². The van der Waals surface area contributed by atoms with E-state index in [0.717, 1.165) is 0 Å². The van der Waals surface area contributed by atoms with Gasteiger partial charge in [0, 0.05) is 30.1 Å². The molecular formula is C15H16N4O5. The zero-order chi connectivity index (χ0) is 17.4. The fraction of sp³-hybridized carbons (Fsp3) is 0.400. The van der Waals surface area contributed by atoms with Crippen LogP contribution in [0.25, 0.3) is 10.9 Å². The molecule has 2 heterocycles. The van der Waals surface area contributed by atoms with Crippen molar-refractivity contribution in [3.8, 4) is 0 Å². The van der Waals surface area contributed by atoms with Crippen LogP contribution in [0.2, 0.25) is 0 Å². The van der Waals surface area contributed by atoms with Gasteiger partial charge in [0.2, 0.25) is 0 Å². The Bertz CT molecular complexity index is 830. The number of nitro benzene ring substituents is 1. The molecule has 2 N–H and O–H groups in total. The average molecular weight is 332 g/mol. The first-order valence-electron chi connectivity index (χ1n) is 7.56. The van der Waals surface area contributed by atoms with Gasteiger partial charge in [-0.2, -0.15) is 5.10 Å². The molecule has 1 aromatic heterocycles. The number of likely N-dealkylation sites (tertiary alicyclic amines) is 1. The van der Waals surface area contributed by atoms with Gasteiger partial charge in [0.05, 0.1) is 16.4 Å². The number of non-ortho nitro benzene ring substituents is 1. The molecular weight excluding hydrogens is 316 g/mol. The highest BCUT2D eigenvalue weighted by molar-refractivity contribution is 6.05. The first-order valence-corrected chi connectivity index (χ1v) is 7.56. The number of hydrogen-bond donors (Lipinski definition) is 2. The van der Waals surface area contributed by atoms with Crippen molar-refractivity contribution in [3.05, 3.63) is 34.0 Å². The number of carbonyl (C=O) groups is 2. The molecule has 0 unspecified atom stereocenters. The number of benzene rings is 1. The highest BCUT2D eigenvalue weighted by Gasteiger charge is 2.36. The maximum Gasteiger partial charge on any atom is 0.308 e. The molecule has 1 saturated heterocycles. The molecule has 1 aliphatic heterocycles. The molecule has 3 rings (SSSR count). The van der Waals surface area contributed by atoms with Gasteiger partial charge in [-0.15, -0.1) is 0 Å². The lowest BCUT2D eigenvalue weighted by molar-refractivity contribution is -0.384. The summed E-state index contributed by atoms with van der Waals surface area (Å²) in [6.45, 7) is 2.14. The standard InChI is InChI=1S/C15H16N4O5/c1-8-10(15(21)22)3-2-6-18(8)14(20)13-11-7-9(19(23)24)4-5-12(11)16-17-13/h4-5,7-8,10H,2-3,6H2,1H3,(H,16,17)(H,21,22)/t8-,10-/m1/s1. The fourth-order valence-electron chi connectivity index (χ4n) is 3.17. The van der Waals surface area contributed by atoms with Crippen LogP contribution in [-0.4, -0.2) is 49.6 Å². The second-order valence-corrected chi connectivity index (χ2v) is 5.89. The van der Waals surface area contributed by atoms with Crippen LogP contribution in [0.3, 0.4) is 0 Å². The Morgan fingerprint density at radius 1 is 1.46 bits per heavy atom. The number of carboxylic acid groups (broad SMARTS) is 1. The van der Waals surface area contributed by atoms with Gasteiger partial charge in [-0.25, -0.2) is 0 Å². The molecule has 0 spiro atoms. The maximum absolute atomic E-state index is 12.8. The lowest BCUT2D eigenvalue weighted by atomic mass is 9.90. The third-order valence-corrected chi connectivity index (χ3v) is 4.53. The molecule has 1 aromatic carbocycles. The van der Waals surface area contributed by atoms with Gasteiger partial charge in [-0.3, -0.25) is 24.8 Å². The number of carbonyl (C=O) groups excluding carboxylic acids is 1. The van der Waals surface area contributed by atoms with Crippen LogP contribution in [0.1, 0.15) is 30.3 Å². The van der Waals surface area contributed by atoms with Gasteiger partial charge >= 0.3 is 5.97 Å². The molecule has 0 saturated carbocycles. The van der Waals surface area contributed by atoms with Crippen molar-refractivity contribution in [1.29, 1.82) is 0 Å². The number of rotatable bonds is 3. The van der Waals surface area contributed by atoms with Crippen molar-refractivity contribution in [3.63, 3.8) is 0 Å². The van der Waals surface area contributed by atoms with Gasteiger partial charge < -0.3 is 10.0 Å². The minimum Gasteiger partial charge on any atom is -0.481 e. The van der Waals surface area contributed by atoms with E-state index in [1.54, 1.807) is 6.92 Å². The minimum absolute atomic E-state index is 0.0755. The first kappa shape index (κ1) is 15.9. The highest BCUT2D eigenvalue weighted by Crippen LogP contribution is 2.28. The summed E-state index contributed by atoms with van der Waals surface area (Å²) < 4.78 is 0. The number of nitrogens with zero attached hydrogens (tertiary/aromatic N) is 3. The van der Waals surface area contributed by atoms with E-state index < -0.39 is 28.8 Å². The predicted molar refractivity (Wildman–Crippen MR) is 83.6 cm³/mol. The van der Waals surface area contributed by atoms with E-state index in [1.807, 2.05) is 0 Å². The van der Waals surface area contributed by atoms with Crippen molar-refractivity contribution < 1.29 is 19.6 Å². The molecule has 9 heteroatoms. The number of carboxylic acids is 1. The topological polar surface area (TPSA) is 129 Å². The predicted octanol–water partition coefficient (Wildman–Crippen LogP) is 1.80. The molecule has 0 bridgehead atoms. The second-order valence-electron chi connectivity index (χ2n) is 5.89. The van der Waals surface area contributed by atoms with Crippen LogP contribution in [0.5, 0.6) is 0 Å². The van der Waals surface area contributed by atoms with E-state index in [0.29, 0.717) is 30.3 Å². The zero-order valence-corrected chi connectivity index (χ0v) is 12.9. The molecule has 0 aliphatic carbocycles. The maximum atomic E-state index is 12.8. The quantitative estimate of drug-likeness (QED) is 0.651. The monoisotopic (exact) mass is 332 g/mol. The number of aromatic amines is 1. The number of amides is 1. The molecule has 0 radical (unpaired) electrons.